The minimum Gasteiger partial charge on any atom is -0.396 e. The van der Waals surface area contributed by atoms with Crippen LogP contribution in [0.2, 0.25) is 0 Å². The van der Waals surface area contributed by atoms with Crippen LogP contribution in [-0.2, 0) is 9.53 Å². The van der Waals surface area contributed by atoms with E-state index in [1.165, 1.54) is 0 Å². The van der Waals surface area contributed by atoms with E-state index in [1.54, 1.807) is 0 Å². The normalized spacial score (nSPS) is 11.4. The number of nitrogens with one attached hydrogen (secondary N) is 1. The summed E-state index contributed by atoms with van der Waals surface area (Å²) >= 11 is 0. The summed E-state index contributed by atoms with van der Waals surface area (Å²) in [6.07, 6.45) is 1.11. The van der Waals surface area contributed by atoms with Gasteiger partial charge in [-0.2, -0.15) is 0 Å². The van der Waals surface area contributed by atoms with Crippen molar-refractivity contribution in [1.29, 1.82) is 0 Å². The van der Waals surface area contributed by atoms with Crippen LogP contribution in [0.15, 0.2) is 0 Å². The number of carbonyl (C=O) groups is 1. The summed E-state index contributed by atoms with van der Waals surface area (Å²) in [5, 5.41) is 11.5. The van der Waals surface area contributed by atoms with Crippen molar-refractivity contribution < 1.29 is 14.6 Å². The SMILES string of the molecule is CCC(=O)NCCOC(C)(C)CCO. The average Bonchev–Trinajstić information content (AvgIpc) is 2.12. The second-order valence-electron chi connectivity index (χ2n) is 3.79. The van der Waals surface area contributed by atoms with Gasteiger partial charge in [-0.3, -0.25) is 4.79 Å². The molecule has 0 rings (SSSR count). The Hall–Kier alpha value is -0.610. The first-order chi connectivity index (χ1) is 6.52. The molecule has 0 aliphatic heterocycles. The van der Waals surface area contributed by atoms with Gasteiger partial charge >= 0.3 is 0 Å². The molecule has 0 aliphatic rings. The fourth-order valence-corrected chi connectivity index (χ4v) is 0.984. The van der Waals surface area contributed by atoms with E-state index in [4.69, 9.17) is 9.84 Å². The van der Waals surface area contributed by atoms with Crippen LogP contribution in [-0.4, -0.2) is 36.4 Å². The quantitative estimate of drug-likeness (QED) is 0.598. The Bertz CT molecular complexity index is 169. The fraction of sp³-hybridized carbons (Fsp3) is 0.900. The molecule has 14 heavy (non-hydrogen) atoms. The van der Waals surface area contributed by atoms with Crippen LogP contribution in [0.1, 0.15) is 33.6 Å². The monoisotopic (exact) mass is 203 g/mol. The van der Waals surface area contributed by atoms with Crippen molar-refractivity contribution in [3.63, 3.8) is 0 Å². The highest BCUT2D eigenvalue weighted by atomic mass is 16.5. The van der Waals surface area contributed by atoms with Gasteiger partial charge in [-0.1, -0.05) is 6.92 Å². The minimum atomic E-state index is -0.314. The van der Waals surface area contributed by atoms with E-state index in [9.17, 15) is 4.79 Å². The van der Waals surface area contributed by atoms with Crippen molar-refractivity contribution >= 4 is 5.91 Å². The predicted octanol–water partition coefficient (Wildman–Crippen LogP) is 0.690. The minimum absolute atomic E-state index is 0.0357. The molecule has 4 nitrogen and oxygen atoms in total. The summed E-state index contributed by atoms with van der Waals surface area (Å²) in [7, 11) is 0. The van der Waals surface area contributed by atoms with E-state index >= 15 is 0 Å². The Balaban J connectivity index is 3.48. The van der Waals surface area contributed by atoms with Crippen molar-refractivity contribution in [3.8, 4) is 0 Å². The molecule has 4 heteroatoms. The molecule has 2 N–H and O–H groups in total. The van der Waals surface area contributed by atoms with E-state index < -0.39 is 0 Å². The Morgan fingerprint density at radius 3 is 2.64 bits per heavy atom. The molecule has 0 unspecified atom stereocenters. The van der Waals surface area contributed by atoms with Gasteiger partial charge in [0.05, 0.1) is 12.2 Å². The van der Waals surface area contributed by atoms with E-state index in [0.29, 0.717) is 26.0 Å². The summed E-state index contributed by atoms with van der Waals surface area (Å²) in [5.41, 5.74) is -0.314. The zero-order valence-corrected chi connectivity index (χ0v) is 9.30. The summed E-state index contributed by atoms with van der Waals surface area (Å²) in [6, 6.07) is 0. The molecule has 0 bridgehead atoms. The Morgan fingerprint density at radius 2 is 2.14 bits per heavy atom. The molecule has 0 atom stereocenters. The maximum Gasteiger partial charge on any atom is 0.219 e. The maximum absolute atomic E-state index is 10.9. The van der Waals surface area contributed by atoms with E-state index in [2.05, 4.69) is 5.32 Å². The van der Waals surface area contributed by atoms with Crippen molar-refractivity contribution in [2.45, 2.75) is 39.2 Å². The number of amides is 1. The summed E-state index contributed by atoms with van der Waals surface area (Å²) in [4.78, 5) is 10.9. The van der Waals surface area contributed by atoms with Gasteiger partial charge in [0, 0.05) is 19.6 Å². The van der Waals surface area contributed by atoms with Gasteiger partial charge in [0.2, 0.25) is 5.91 Å². The Kier molecular flexibility index (Phi) is 6.49. The second kappa shape index (κ2) is 6.79. The van der Waals surface area contributed by atoms with Gasteiger partial charge in [-0.25, -0.2) is 0 Å². The van der Waals surface area contributed by atoms with E-state index in [0.717, 1.165) is 0 Å². The molecule has 84 valence electrons. The Morgan fingerprint density at radius 1 is 1.50 bits per heavy atom. The van der Waals surface area contributed by atoms with Gasteiger partial charge in [-0.15, -0.1) is 0 Å². The molecule has 0 fully saturated rings. The Labute approximate surface area is 85.6 Å². The lowest BCUT2D eigenvalue weighted by molar-refractivity contribution is -0.121. The lowest BCUT2D eigenvalue weighted by atomic mass is 10.1. The first-order valence-electron chi connectivity index (χ1n) is 5.03. The van der Waals surface area contributed by atoms with Gasteiger partial charge in [0.1, 0.15) is 0 Å². The summed E-state index contributed by atoms with van der Waals surface area (Å²) in [5.74, 6) is 0.0357. The number of aliphatic hydroxyl groups is 1. The predicted molar refractivity (Wildman–Crippen MR) is 55.0 cm³/mol. The number of hydrogen-bond acceptors (Lipinski definition) is 3. The van der Waals surface area contributed by atoms with Gasteiger partial charge in [0.15, 0.2) is 0 Å². The molecule has 0 saturated carbocycles. The lowest BCUT2D eigenvalue weighted by Crippen LogP contribution is -2.32. The van der Waals surface area contributed by atoms with Crippen LogP contribution in [0.3, 0.4) is 0 Å². The summed E-state index contributed by atoms with van der Waals surface area (Å²) in [6.45, 7) is 6.79. The third kappa shape index (κ3) is 6.86. The molecule has 0 spiro atoms. The second-order valence-corrected chi connectivity index (χ2v) is 3.79. The van der Waals surface area contributed by atoms with Crippen LogP contribution in [0.25, 0.3) is 0 Å². The summed E-state index contributed by atoms with van der Waals surface area (Å²) < 4.78 is 5.49. The molecular formula is C10H21NO3. The van der Waals surface area contributed by atoms with Gasteiger partial charge < -0.3 is 15.2 Å². The van der Waals surface area contributed by atoms with Crippen molar-refractivity contribution in [1.82, 2.24) is 5.32 Å². The molecule has 0 radical (unpaired) electrons. The van der Waals surface area contributed by atoms with Gasteiger partial charge in [0.25, 0.3) is 0 Å². The maximum atomic E-state index is 10.9. The molecule has 0 aromatic heterocycles. The standard InChI is InChI=1S/C10H21NO3/c1-4-9(13)11-6-8-14-10(2,3)5-7-12/h12H,4-8H2,1-3H3,(H,11,13). The smallest absolute Gasteiger partial charge is 0.219 e. The highest BCUT2D eigenvalue weighted by Gasteiger charge is 2.16. The highest BCUT2D eigenvalue weighted by Crippen LogP contribution is 2.12. The number of hydrogen-bond donors (Lipinski definition) is 2. The van der Waals surface area contributed by atoms with Crippen LogP contribution < -0.4 is 5.32 Å². The number of ether oxygens (including phenoxy) is 1. The third-order valence-electron chi connectivity index (χ3n) is 1.95. The number of carbonyl (C=O) groups excluding carboxylic acids is 1. The first kappa shape index (κ1) is 13.4. The molecule has 0 aromatic rings. The number of rotatable bonds is 7. The van der Waals surface area contributed by atoms with E-state index in [1.807, 2.05) is 20.8 Å². The molecule has 0 heterocycles. The lowest BCUT2D eigenvalue weighted by Gasteiger charge is -2.24. The molecule has 0 saturated heterocycles. The van der Waals surface area contributed by atoms with Gasteiger partial charge in [-0.05, 0) is 20.3 Å². The van der Waals surface area contributed by atoms with Crippen molar-refractivity contribution in [2.24, 2.45) is 0 Å². The van der Waals surface area contributed by atoms with Crippen molar-refractivity contribution in [3.05, 3.63) is 0 Å². The van der Waals surface area contributed by atoms with Crippen LogP contribution in [0, 0.1) is 0 Å². The molecule has 0 aliphatic carbocycles. The van der Waals surface area contributed by atoms with E-state index in [-0.39, 0.29) is 18.1 Å². The van der Waals surface area contributed by atoms with Crippen LogP contribution >= 0.6 is 0 Å². The highest BCUT2D eigenvalue weighted by molar-refractivity contribution is 5.75. The fourth-order valence-electron chi connectivity index (χ4n) is 0.984. The zero-order chi connectivity index (χ0) is 11.0. The first-order valence-corrected chi connectivity index (χ1v) is 5.03. The largest absolute Gasteiger partial charge is 0.396 e. The number of aliphatic hydroxyl groups excluding tert-OH is 1. The topological polar surface area (TPSA) is 58.6 Å². The van der Waals surface area contributed by atoms with Crippen LogP contribution in [0.4, 0.5) is 0 Å². The zero-order valence-electron chi connectivity index (χ0n) is 9.30. The molecule has 1 amide bonds. The van der Waals surface area contributed by atoms with Crippen LogP contribution in [0.5, 0.6) is 0 Å². The average molecular weight is 203 g/mol. The molecule has 0 aromatic carbocycles. The third-order valence-corrected chi connectivity index (χ3v) is 1.95. The van der Waals surface area contributed by atoms with Crippen molar-refractivity contribution in [2.75, 3.05) is 19.8 Å². The molecular weight excluding hydrogens is 182 g/mol.